The van der Waals surface area contributed by atoms with Gasteiger partial charge in [0.25, 0.3) is 5.96 Å². The first-order valence-corrected chi connectivity index (χ1v) is 7.29. The number of guanidine groups is 1. The molecule has 0 radical (unpaired) electrons. The van der Waals surface area contributed by atoms with Gasteiger partial charge in [0.2, 0.25) is 0 Å². The lowest BCUT2D eigenvalue weighted by atomic mass is 10.2. The molecule has 0 aliphatic carbocycles. The number of hydrogen-bond acceptors (Lipinski definition) is 5. The van der Waals surface area contributed by atoms with E-state index in [9.17, 15) is 10.1 Å². The minimum atomic E-state index is -0.687. The Morgan fingerprint density at radius 2 is 2.45 bits per heavy atom. The van der Waals surface area contributed by atoms with Gasteiger partial charge in [-0.1, -0.05) is 0 Å². The molecule has 2 aliphatic heterocycles. The van der Waals surface area contributed by atoms with Gasteiger partial charge in [0, 0.05) is 13.2 Å². The number of furan rings is 1. The molecular formula is C13H19N5O4. The Morgan fingerprint density at radius 1 is 1.55 bits per heavy atom. The molecule has 1 atom stereocenters. The van der Waals surface area contributed by atoms with Crippen molar-refractivity contribution >= 4 is 5.96 Å². The van der Waals surface area contributed by atoms with Gasteiger partial charge < -0.3 is 19.4 Å². The highest BCUT2D eigenvalue weighted by Crippen LogP contribution is 2.15. The summed E-state index contributed by atoms with van der Waals surface area (Å²) in [5.41, 5.74) is 0. The zero-order valence-electron chi connectivity index (χ0n) is 12.2. The SMILES string of the molecule is O=[N+]([O-])/N=C1\NCN(C[C@@H]2CCCO2)CN1Cc1ccco1. The molecule has 0 saturated carbocycles. The van der Waals surface area contributed by atoms with Gasteiger partial charge in [0.15, 0.2) is 5.03 Å². The van der Waals surface area contributed by atoms with Crippen molar-refractivity contribution in [2.45, 2.75) is 25.5 Å². The Balaban J connectivity index is 1.66. The molecule has 9 nitrogen and oxygen atoms in total. The Bertz CT molecular complexity index is 527. The number of nitrogens with zero attached hydrogens (tertiary/aromatic N) is 4. The number of hydrazone groups is 1. The predicted octanol–water partition coefficient (Wildman–Crippen LogP) is 0.628. The van der Waals surface area contributed by atoms with Gasteiger partial charge in [0.1, 0.15) is 10.9 Å². The maximum Gasteiger partial charge on any atom is 0.273 e. The zero-order valence-corrected chi connectivity index (χ0v) is 12.2. The summed E-state index contributed by atoms with van der Waals surface area (Å²) in [5, 5.41) is 16.4. The predicted molar refractivity (Wildman–Crippen MR) is 77.2 cm³/mol. The van der Waals surface area contributed by atoms with Gasteiger partial charge in [-0.05, 0) is 25.0 Å². The van der Waals surface area contributed by atoms with Crippen LogP contribution >= 0.6 is 0 Å². The van der Waals surface area contributed by atoms with E-state index in [0.717, 1.165) is 31.8 Å². The summed E-state index contributed by atoms with van der Waals surface area (Å²) in [6.07, 6.45) is 3.98. The van der Waals surface area contributed by atoms with Crippen LogP contribution in [0, 0.1) is 10.1 Å². The van der Waals surface area contributed by atoms with Crippen LogP contribution in [0.3, 0.4) is 0 Å². The molecule has 0 unspecified atom stereocenters. The number of nitrogens with one attached hydrogen (secondary N) is 1. The van der Waals surface area contributed by atoms with Gasteiger partial charge in [-0.2, -0.15) is 0 Å². The Morgan fingerprint density at radius 3 is 3.14 bits per heavy atom. The van der Waals surface area contributed by atoms with Crippen LogP contribution in [0.4, 0.5) is 0 Å². The number of hydrogen-bond donors (Lipinski definition) is 1. The van der Waals surface area contributed by atoms with Crippen molar-refractivity contribution in [2.75, 3.05) is 26.5 Å². The van der Waals surface area contributed by atoms with Crippen LogP contribution < -0.4 is 5.32 Å². The lowest BCUT2D eigenvalue weighted by Gasteiger charge is -2.37. The van der Waals surface area contributed by atoms with E-state index in [2.05, 4.69) is 15.3 Å². The van der Waals surface area contributed by atoms with E-state index in [4.69, 9.17) is 9.15 Å². The second kappa shape index (κ2) is 6.75. The van der Waals surface area contributed by atoms with Crippen molar-refractivity contribution < 1.29 is 14.2 Å². The van der Waals surface area contributed by atoms with E-state index in [0.29, 0.717) is 19.9 Å². The van der Waals surface area contributed by atoms with Crippen molar-refractivity contribution in [1.82, 2.24) is 15.1 Å². The fraction of sp³-hybridized carbons (Fsp3) is 0.615. The van der Waals surface area contributed by atoms with Crippen LogP contribution in [0.15, 0.2) is 27.9 Å². The van der Waals surface area contributed by atoms with Crippen molar-refractivity contribution in [3.05, 3.63) is 34.3 Å². The minimum absolute atomic E-state index is 0.237. The van der Waals surface area contributed by atoms with Crippen LogP contribution in [0.2, 0.25) is 0 Å². The summed E-state index contributed by atoms with van der Waals surface area (Å²) in [6.45, 7) is 3.10. The molecule has 0 bridgehead atoms. The first-order valence-electron chi connectivity index (χ1n) is 7.29. The molecule has 9 heteroatoms. The third kappa shape index (κ3) is 3.74. The number of ether oxygens (including phenoxy) is 1. The average molecular weight is 309 g/mol. The molecule has 2 aliphatic rings. The Kier molecular flexibility index (Phi) is 4.54. The van der Waals surface area contributed by atoms with Crippen LogP contribution in [-0.2, 0) is 11.3 Å². The largest absolute Gasteiger partial charge is 0.467 e. The van der Waals surface area contributed by atoms with Gasteiger partial charge in [-0.25, -0.2) is 10.1 Å². The second-order valence-corrected chi connectivity index (χ2v) is 5.40. The summed E-state index contributed by atoms with van der Waals surface area (Å²) >= 11 is 0. The molecule has 2 fully saturated rings. The third-order valence-electron chi connectivity index (χ3n) is 3.72. The quantitative estimate of drug-likeness (QED) is 0.629. The summed E-state index contributed by atoms with van der Waals surface area (Å²) < 4.78 is 11.0. The molecule has 1 N–H and O–H groups in total. The van der Waals surface area contributed by atoms with Crippen LogP contribution in [0.5, 0.6) is 0 Å². The molecule has 2 saturated heterocycles. The summed E-state index contributed by atoms with van der Waals surface area (Å²) in [5.74, 6) is 0.988. The molecule has 3 heterocycles. The number of nitro groups is 1. The normalized spacial score (nSPS) is 24.6. The van der Waals surface area contributed by atoms with Crippen LogP contribution in [0.25, 0.3) is 0 Å². The van der Waals surface area contributed by atoms with Gasteiger partial charge in [-0.3, -0.25) is 4.90 Å². The smallest absolute Gasteiger partial charge is 0.273 e. The third-order valence-corrected chi connectivity index (χ3v) is 3.72. The van der Waals surface area contributed by atoms with E-state index < -0.39 is 5.03 Å². The summed E-state index contributed by atoms with van der Waals surface area (Å²) in [6, 6.07) is 3.63. The monoisotopic (exact) mass is 309 g/mol. The van der Waals surface area contributed by atoms with Crippen molar-refractivity contribution in [1.29, 1.82) is 0 Å². The van der Waals surface area contributed by atoms with Crippen LogP contribution in [0.1, 0.15) is 18.6 Å². The molecule has 120 valence electrons. The molecule has 1 aromatic rings. The highest BCUT2D eigenvalue weighted by molar-refractivity contribution is 5.79. The summed E-state index contributed by atoms with van der Waals surface area (Å²) in [4.78, 5) is 14.6. The first-order chi connectivity index (χ1) is 10.7. The molecule has 1 aromatic heterocycles. The Hall–Kier alpha value is -2.13. The Labute approximate surface area is 127 Å². The van der Waals surface area contributed by atoms with Crippen molar-refractivity contribution in [3.63, 3.8) is 0 Å². The van der Waals surface area contributed by atoms with Crippen molar-refractivity contribution in [3.8, 4) is 0 Å². The lowest BCUT2D eigenvalue weighted by Crippen LogP contribution is -2.57. The maximum absolute atomic E-state index is 10.7. The highest BCUT2D eigenvalue weighted by Gasteiger charge is 2.28. The van der Waals surface area contributed by atoms with Crippen LogP contribution in [-0.4, -0.2) is 53.4 Å². The van der Waals surface area contributed by atoms with Gasteiger partial charge in [0.05, 0.1) is 32.2 Å². The number of rotatable bonds is 5. The molecule has 3 rings (SSSR count). The fourth-order valence-corrected chi connectivity index (χ4v) is 2.74. The maximum atomic E-state index is 10.7. The molecule has 0 aromatic carbocycles. The zero-order chi connectivity index (χ0) is 15.4. The molecule has 0 spiro atoms. The fourth-order valence-electron chi connectivity index (χ4n) is 2.74. The minimum Gasteiger partial charge on any atom is -0.467 e. The standard InChI is InChI=1S/C13H19N5O4/c19-18(20)15-13-14-9-16(7-11-3-1-5-21-11)10-17(13)8-12-4-2-6-22-12/h2,4,6,11H,1,3,5,7-10H2,(H,14,15)/t11-/m0/s1. The highest BCUT2D eigenvalue weighted by atomic mass is 16.7. The second-order valence-electron chi connectivity index (χ2n) is 5.40. The molecule has 22 heavy (non-hydrogen) atoms. The first kappa shape index (κ1) is 14.8. The van der Waals surface area contributed by atoms with E-state index in [1.807, 2.05) is 6.07 Å². The summed E-state index contributed by atoms with van der Waals surface area (Å²) in [7, 11) is 0. The van der Waals surface area contributed by atoms with E-state index >= 15 is 0 Å². The molecule has 0 amide bonds. The molecular weight excluding hydrogens is 290 g/mol. The van der Waals surface area contributed by atoms with Gasteiger partial charge in [-0.15, -0.1) is 0 Å². The lowest BCUT2D eigenvalue weighted by molar-refractivity contribution is -0.486. The topological polar surface area (TPSA) is 96.4 Å². The van der Waals surface area contributed by atoms with Crippen molar-refractivity contribution in [2.24, 2.45) is 5.10 Å². The van der Waals surface area contributed by atoms with E-state index in [1.165, 1.54) is 0 Å². The average Bonchev–Trinajstić information content (AvgIpc) is 3.15. The van der Waals surface area contributed by atoms with E-state index in [1.54, 1.807) is 17.2 Å². The van der Waals surface area contributed by atoms with E-state index in [-0.39, 0.29) is 12.1 Å². The van der Waals surface area contributed by atoms with Gasteiger partial charge >= 0.3 is 0 Å².